The lowest BCUT2D eigenvalue weighted by atomic mass is 10.1. The second-order valence-electron chi connectivity index (χ2n) is 3.42. The fraction of sp³-hybridized carbons (Fsp3) is 0.364. The quantitative estimate of drug-likeness (QED) is 0.750. The molecule has 0 aromatic heterocycles. The van der Waals surface area contributed by atoms with Gasteiger partial charge in [0.05, 0.1) is 18.8 Å². The minimum absolute atomic E-state index is 0.339. The summed E-state index contributed by atoms with van der Waals surface area (Å²) in [6.07, 6.45) is 1.07. The molecule has 0 aliphatic carbocycles. The minimum Gasteiger partial charge on any atom is -0.378 e. The van der Waals surface area contributed by atoms with Crippen LogP contribution in [0.15, 0.2) is 18.2 Å². The molecule has 80 valence electrons. The van der Waals surface area contributed by atoms with Gasteiger partial charge in [-0.2, -0.15) is 0 Å². The number of hydrogen-bond donors (Lipinski definition) is 1. The fourth-order valence-electron chi connectivity index (χ4n) is 1.75. The SMILES string of the molecule is N=Cc1c(F)cccc1N1CCOCC1. The Morgan fingerprint density at radius 2 is 2.07 bits per heavy atom. The van der Waals surface area contributed by atoms with Crippen molar-refractivity contribution in [2.24, 2.45) is 0 Å². The van der Waals surface area contributed by atoms with Crippen LogP contribution in [0.5, 0.6) is 0 Å². The van der Waals surface area contributed by atoms with E-state index in [1.807, 2.05) is 11.0 Å². The molecular formula is C11H13FN2O. The first-order valence-corrected chi connectivity index (χ1v) is 4.94. The monoisotopic (exact) mass is 208 g/mol. The molecule has 0 unspecified atom stereocenters. The van der Waals surface area contributed by atoms with Crippen molar-refractivity contribution in [3.63, 3.8) is 0 Å². The van der Waals surface area contributed by atoms with Crippen molar-refractivity contribution in [3.8, 4) is 0 Å². The van der Waals surface area contributed by atoms with Gasteiger partial charge in [-0.15, -0.1) is 0 Å². The van der Waals surface area contributed by atoms with Gasteiger partial charge in [0.15, 0.2) is 0 Å². The van der Waals surface area contributed by atoms with E-state index >= 15 is 0 Å². The second kappa shape index (κ2) is 4.40. The van der Waals surface area contributed by atoms with Crippen molar-refractivity contribution in [2.75, 3.05) is 31.2 Å². The van der Waals surface area contributed by atoms with Crippen LogP contribution >= 0.6 is 0 Å². The molecule has 0 amide bonds. The Morgan fingerprint density at radius 1 is 1.33 bits per heavy atom. The maximum Gasteiger partial charge on any atom is 0.134 e. The van der Waals surface area contributed by atoms with Gasteiger partial charge in [-0.05, 0) is 12.1 Å². The Labute approximate surface area is 88.0 Å². The minimum atomic E-state index is -0.339. The molecule has 1 aromatic rings. The van der Waals surface area contributed by atoms with E-state index < -0.39 is 0 Å². The largest absolute Gasteiger partial charge is 0.378 e. The predicted octanol–water partition coefficient (Wildman–Crippen LogP) is 1.66. The van der Waals surface area contributed by atoms with Gasteiger partial charge in [0.2, 0.25) is 0 Å². The molecule has 1 N–H and O–H groups in total. The molecule has 1 fully saturated rings. The molecule has 15 heavy (non-hydrogen) atoms. The first kappa shape index (κ1) is 10.1. The maximum atomic E-state index is 13.4. The first-order chi connectivity index (χ1) is 7.33. The van der Waals surface area contributed by atoms with Crippen molar-refractivity contribution >= 4 is 11.9 Å². The Balaban J connectivity index is 2.33. The highest BCUT2D eigenvalue weighted by Gasteiger charge is 2.15. The van der Waals surface area contributed by atoms with Gasteiger partial charge < -0.3 is 15.0 Å². The number of hydrogen-bond acceptors (Lipinski definition) is 3. The summed E-state index contributed by atoms with van der Waals surface area (Å²) in [5.74, 6) is -0.339. The molecule has 2 rings (SSSR count). The van der Waals surface area contributed by atoms with E-state index in [4.69, 9.17) is 10.1 Å². The van der Waals surface area contributed by atoms with Crippen molar-refractivity contribution in [1.29, 1.82) is 5.41 Å². The lowest BCUT2D eigenvalue weighted by Gasteiger charge is -2.30. The van der Waals surface area contributed by atoms with Crippen LogP contribution in [0.1, 0.15) is 5.56 Å². The molecule has 0 saturated carbocycles. The van der Waals surface area contributed by atoms with Gasteiger partial charge in [-0.1, -0.05) is 6.07 Å². The van der Waals surface area contributed by atoms with Crippen molar-refractivity contribution in [1.82, 2.24) is 0 Å². The van der Waals surface area contributed by atoms with Crippen molar-refractivity contribution in [3.05, 3.63) is 29.6 Å². The summed E-state index contributed by atoms with van der Waals surface area (Å²) in [6, 6.07) is 4.90. The van der Waals surface area contributed by atoms with Gasteiger partial charge in [0.1, 0.15) is 5.82 Å². The predicted molar refractivity (Wildman–Crippen MR) is 57.3 cm³/mol. The van der Waals surface area contributed by atoms with E-state index in [0.717, 1.165) is 25.0 Å². The van der Waals surface area contributed by atoms with E-state index in [0.29, 0.717) is 18.8 Å². The zero-order chi connectivity index (χ0) is 10.7. The Hall–Kier alpha value is -1.42. The van der Waals surface area contributed by atoms with E-state index in [2.05, 4.69) is 0 Å². The van der Waals surface area contributed by atoms with Crippen LogP contribution in [0, 0.1) is 11.2 Å². The molecule has 0 bridgehead atoms. The van der Waals surface area contributed by atoms with Crippen LogP contribution < -0.4 is 4.90 Å². The summed E-state index contributed by atoms with van der Waals surface area (Å²) in [7, 11) is 0. The molecule has 1 aromatic carbocycles. The third-order valence-electron chi connectivity index (χ3n) is 2.53. The van der Waals surface area contributed by atoms with E-state index in [-0.39, 0.29) is 5.82 Å². The zero-order valence-corrected chi connectivity index (χ0v) is 8.37. The Morgan fingerprint density at radius 3 is 2.73 bits per heavy atom. The molecule has 1 aliphatic rings. The number of nitrogens with zero attached hydrogens (tertiary/aromatic N) is 1. The average Bonchev–Trinajstić information content (AvgIpc) is 2.30. The summed E-state index contributed by atoms with van der Waals surface area (Å²) in [6.45, 7) is 2.83. The standard InChI is InChI=1S/C11H13FN2O/c12-10-2-1-3-11(9(10)8-13)14-4-6-15-7-5-14/h1-3,8,13H,4-7H2. The summed E-state index contributed by atoms with van der Waals surface area (Å²) in [5.41, 5.74) is 1.15. The van der Waals surface area contributed by atoms with Crippen LogP contribution in [0.4, 0.5) is 10.1 Å². The van der Waals surface area contributed by atoms with Crippen LogP contribution in [0.25, 0.3) is 0 Å². The van der Waals surface area contributed by atoms with Gasteiger partial charge in [0, 0.05) is 25.0 Å². The molecule has 1 heterocycles. The van der Waals surface area contributed by atoms with E-state index in [1.54, 1.807) is 6.07 Å². The summed E-state index contributed by atoms with van der Waals surface area (Å²) >= 11 is 0. The fourth-order valence-corrected chi connectivity index (χ4v) is 1.75. The maximum absolute atomic E-state index is 13.4. The van der Waals surface area contributed by atoms with Crippen LogP contribution in [0.3, 0.4) is 0 Å². The molecule has 0 radical (unpaired) electrons. The van der Waals surface area contributed by atoms with Gasteiger partial charge in [-0.25, -0.2) is 4.39 Å². The van der Waals surface area contributed by atoms with Gasteiger partial charge in [0.25, 0.3) is 0 Å². The molecule has 4 heteroatoms. The molecule has 0 atom stereocenters. The second-order valence-corrected chi connectivity index (χ2v) is 3.42. The van der Waals surface area contributed by atoms with Crippen LogP contribution in [0.2, 0.25) is 0 Å². The number of nitrogens with one attached hydrogen (secondary N) is 1. The third-order valence-corrected chi connectivity index (χ3v) is 2.53. The number of anilines is 1. The first-order valence-electron chi connectivity index (χ1n) is 4.94. The summed E-state index contributed by atoms with van der Waals surface area (Å²) < 4.78 is 18.6. The van der Waals surface area contributed by atoms with E-state index in [9.17, 15) is 4.39 Å². The van der Waals surface area contributed by atoms with Crippen LogP contribution in [-0.4, -0.2) is 32.5 Å². The van der Waals surface area contributed by atoms with Crippen molar-refractivity contribution < 1.29 is 9.13 Å². The van der Waals surface area contributed by atoms with Crippen LogP contribution in [-0.2, 0) is 4.74 Å². The lowest BCUT2D eigenvalue weighted by molar-refractivity contribution is 0.122. The average molecular weight is 208 g/mol. The third kappa shape index (κ3) is 1.99. The lowest BCUT2D eigenvalue weighted by Crippen LogP contribution is -2.36. The molecule has 3 nitrogen and oxygen atoms in total. The molecular weight excluding hydrogens is 195 g/mol. The highest BCUT2D eigenvalue weighted by Crippen LogP contribution is 2.22. The normalized spacial score (nSPS) is 16.5. The molecule has 0 spiro atoms. The molecule has 1 aliphatic heterocycles. The topological polar surface area (TPSA) is 36.3 Å². The number of ether oxygens (including phenoxy) is 1. The number of morpholine rings is 1. The number of benzene rings is 1. The van der Waals surface area contributed by atoms with Gasteiger partial charge >= 0.3 is 0 Å². The smallest absolute Gasteiger partial charge is 0.134 e. The Kier molecular flexibility index (Phi) is 2.97. The van der Waals surface area contributed by atoms with Gasteiger partial charge in [-0.3, -0.25) is 0 Å². The molecule has 1 saturated heterocycles. The number of rotatable bonds is 2. The highest BCUT2D eigenvalue weighted by atomic mass is 19.1. The zero-order valence-electron chi connectivity index (χ0n) is 8.37. The Bertz CT molecular complexity index is 362. The summed E-state index contributed by atoms with van der Waals surface area (Å²) in [5, 5.41) is 7.22. The van der Waals surface area contributed by atoms with E-state index in [1.165, 1.54) is 6.07 Å². The highest BCUT2D eigenvalue weighted by molar-refractivity contribution is 5.86. The summed E-state index contributed by atoms with van der Waals surface area (Å²) in [4.78, 5) is 2.05. The van der Waals surface area contributed by atoms with Crippen molar-refractivity contribution in [2.45, 2.75) is 0 Å². The number of halogens is 1.